The van der Waals surface area contributed by atoms with Gasteiger partial charge in [-0.3, -0.25) is 4.79 Å². The van der Waals surface area contributed by atoms with Crippen molar-refractivity contribution in [2.24, 2.45) is 0 Å². The molecule has 0 atom stereocenters. The number of urea groups is 1. The van der Waals surface area contributed by atoms with Crippen LogP contribution in [0, 0.1) is 0 Å². The first-order valence-electron chi connectivity index (χ1n) is 7.09. The standard InChI is InChI=1S/C15H21ClN2O5/c1-4-23-14-11(16)7-10(8-12(14)22-3)9-17-15(21)18(2)6-5-13(19)20/h7-8H,4-6,9H2,1-3H3,(H,17,21)(H,19,20). The van der Waals surface area contributed by atoms with E-state index in [0.717, 1.165) is 5.56 Å². The van der Waals surface area contributed by atoms with E-state index in [4.69, 9.17) is 26.2 Å². The topological polar surface area (TPSA) is 88.1 Å². The number of aliphatic carboxylic acids is 1. The monoisotopic (exact) mass is 344 g/mol. The lowest BCUT2D eigenvalue weighted by atomic mass is 10.2. The maximum absolute atomic E-state index is 11.9. The smallest absolute Gasteiger partial charge is 0.317 e. The van der Waals surface area contributed by atoms with E-state index in [1.807, 2.05) is 6.92 Å². The van der Waals surface area contributed by atoms with Crippen molar-refractivity contribution in [3.63, 3.8) is 0 Å². The van der Waals surface area contributed by atoms with E-state index < -0.39 is 5.97 Å². The number of hydrogen-bond donors (Lipinski definition) is 2. The fourth-order valence-corrected chi connectivity index (χ4v) is 2.13. The third-order valence-corrected chi connectivity index (χ3v) is 3.31. The van der Waals surface area contributed by atoms with Gasteiger partial charge in [-0.25, -0.2) is 4.79 Å². The molecule has 8 heteroatoms. The molecule has 1 aromatic rings. The average Bonchev–Trinajstić information content (AvgIpc) is 2.52. The summed E-state index contributed by atoms with van der Waals surface area (Å²) in [6.45, 7) is 2.67. The van der Waals surface area contributed by atoms with Crippen molar-refractivity contribution in [2.45, 2.75) is 19.9 Å². The Morgan fingerprint density at radius 3 is 2.65 bits per heavy atom. The first kappa shape index (κ1) is 18.9. The predicted octanol–water partition coefficient (Wildman–Crippen LogP) is 2.36. The van der Waals surface area contributed by atoms with Crippen LogP contribution in [0.3, 0.4) is 0 Å². The van der Waals surface area contributed by atoms with Crippen LogP contribution in [0.15, 0.2) is 12.1 Å². The Bertz CT molecular complexity index is 565. The Morgan fingerprint density at radius 1 is 1.39 bits per heavy atom. The highest BCUT2D eigenvalue weighted by Gasteiger charge is 2.13. The molecular formula is C15H21ClN2O5. The number of carbonyl (C=O) groups is 2. The summed E-state index contributed by atoms with van der Waals surface area (Å²) >= 11 is 6.16. The van der Waals surface area contributed by atoms with Gasteiger partial charge in [-0.2, -0.15) is 0 Å². The molecule has 0 aliphatic carbocycles. The summed E-state index contributed by atoms with van der Waals surface area (Å²) in [5, 5.41) is 11.7. The molecule has 0 spiro atoms. The van der Waals surface area contributed by atoms with Crippen molar-refractivity contribution in [3.05, 3.63) is 22.7 Å². The second kappa shape index (κ2) is 9.09. The Morgan fingerprint density at radius 2 is 2.09 bits per heavy atom. The molecule has 0 unspecified atom stereocenters. The molecule has 0 heterocycles. The number of halogens is 1. The molecular weight excluding hydrogens is 324 g/mol. The van der Waals surface area contributed by atoms with Crippen LogP contribution in [0.4, 0.5) is 4.79 Å². The van der Waals surface area contributed by atoms with Gasteiger partial charge in [-0.1, -0.05) is 11.6 Å². The van der Waals surface area contributed by atoms with Crippen molar-refractivity contribution in [1.29, 1.82) is 0 Å². The zero-order valence-corrected chi connectivity index (χ0v) is 14.1. The number of ether oxygens (including phenoxy) is 2. The minimum atomic E-state index is -0.951. The highest BCUT2D eigenvalue weighted by molar-refractivity contribution is 6.32. The molecule has 7 nitrogen and oxygen atoms in total. The largest absolute Gasteiger partial charge is 0.493 e. The summed E-state index contributed by atoms with van der Waals surface area (Å²) in [6.07, 6.45) is -0.105. The Labute approximate surface area is 140 Å². The molecule has 23 heavy (non-hydrogen) atoms. The van der Waals surface area contributed by atoms with Crippen LogP contribution >= 0.6 is 11.6 Å². The molecule has 0 fully saturated rings. The van der Waals surface area contributed by atoms with Crippen LogP contribution in [-0.4, -0.2) is 49.3 Å². The molecule has 0 saturated carbocycles. The predicted molar refractivity (Wildman–Crippen MR) is 86.3 cm³/mol. The number of methoxy groups -OCH3 is 1. The van der Waals surface area contributed by atoms with Gasteiger partial charge in [0.05, 0.1) is 25.2 Å². The van der Waals surface area contributed by atoms with E-state index in [-0.39, 0.29) is 25.5 Å². The van der Waals surface area contributed by atoms with Crippen molar-refractivity contribution in [1.82, 2.24) is 10.2 Å². The SMILES string of the molecule is CCOc1c(Cl)cc(CNC(=O)N(C)CCC(=O)O)cc1OC. The van der Waals surface area contributed by atoms with Crippen LogP contribution in [0.25, 0.3) is 0 Å². The van der Waals surface area contributed by atoms with Gasteiger partial charge in [0, 0.05) is 20.1 Å². The van der Waals surface area contributed by atoms with Gasteiger partial charge in [-0.15, -0.1) is 0 Å². The fraction of sp³-hybridized carbons (Fsp3) is 0.467. The molecule has 1 aromatic carbocycles. The molecule has 128 valence electrons. The van der Waals surface area contributed by atoms with Gasteiger partial charge in [0.25, 0.3) is 0 Å². The molecule has 0 saturated heterocycles. The van der Waals surface area contributed by atoms with Crippen LogP contribution in [0.2, 0.25) is 5.02 Å². The number of amides is 2. The zero-order valence-electron chi connectivity index (χ0n) is 13.4. The van der Waals surface area contributed by atoms with Crippen molar-refractivity contribution in [3.8, 4) is 11.5 Å². The number of benzene rings is 1. The summed E-state index contributed by atoms with van der Waals surface area (Å²) in [5.74, 6) is 0.000770. The van der Waals surface area contributed by atoms with E-state index in [0.29, 0.717) is 23.1 Å². The van der Waals surface area contributed by atoms with E-state index in [1.165, 1.54) is 19.1 Å². The second-order valence-corrected chi connectivity index (χ2v) is 5.17. The normalized spacial score (nSPS) is 10.1. The van der Waals surface area contributed by atoms with Gasteiger partial charge in [-0.05, 0) is 24.6 Å². The van der Waals surface area contributed by atoms with E-state index >= 15 is 0 Å². The molecule has 0 aliphatic heterocycles. The van der Waals surface area contributed by atoms with Crippen LogP contribution in [0.5, 0.6) is 11.5 Å². The van der Waals surface area contributed by atoms with Gasteiger partial charge >= 0.3 is 12.0 Å². The van der Waals surface area contributed by atoms with Gasteiger partial charge in [0.1, 0.15) is 0 Å². The Kier molecular flexibility index (Phi) is 7.47. The number of rotatable bonds is 8. The number of carboxylic acid groups (broad SMARTS) is 1. The third kappa shape index (κ3) is 5.86. The van der Waals surface area contributed by atoms with Gasteiger partial charge < -0.3 is 24.8 Å². The number of nitrogens with one attached hydrogen (secondary N) is 1. The summed E-state index contributed by atoms with van der Waals surface area (Å²) in [4.78, 5) is 23.7. The van der Waals surface area contributed by atoms with Crippen molar-refractivity contribution >= 4 is 23.6 Å². The highest BCUT2D eigenvalue weighted by Crippen LogP contribution is 2.36. The molecule has 0 bridgehead atoms. The zero-order chi connectivity index (χ0) is 17.4. The first-order chi connectivity index (χ1) is 10.9. The summed E-state index contributed by atoms with van der Waals surface area (Å²) in [7, 11) is 3.04. The van der Waals surface area contributed by atoms with Crippen molar-refractivity contribution in [2.75, 3.05) is 27.3 Å². The molecule has 0 aliphatic rings. The minimum absolute atomic E-state index is 0.105. The molecule has 2 amide bonds. The molecule has 0 radical (unpaired) electrons. The highest BCUT2D eigenvalue weighted by atomic mass is 35.5. The van der Waals surface area contributed by atoms with Crippen LogP contribution in [-0.2, 0) is 11.3 Å². The number of nitrogens with zero attached hydrogens (tertiary/aromatic N) is 1. The second-order valence-electron chi connectivity index (χ2n) is 4.77. The van der Waals surface area contributed by atoms with E-state index in [9.17, 15) is 9.59 Å². The lowest BCUT2D eigenvalue weighted by Crippen LogP contribution is -2.37. The maximum Gasteiger partial charge on any atom is 0.317 e. The fourth-order valence-electron chi connectivity index (χ4n) is 1.84. The first-order valence-corrected chi connectivity index (χ1v) is 7.46. The Hall–Kier alpha value is -2.15. The summed E-state index contributed by atoms with van der Waals surface area (Å²) in [5.41, 5.74) is 0.746. The number of carboxylic acids is 1. The molecule has 2 N–H and O–H groups in total. The van der Waals surface area contributed by atoms with Crippen LogP contribution in [0.1, 0.15) is 18.9 Å². The quantitative estimate of drug-likeness (QED) is 0.755. The Balaban J connectivity index is 2.69. The van der Waals surface area contributed by atoms with Crippen LogP contribution < -0.4 is 14.8 Å². The van der Waals surface area contributed by atoms with E-state index in [2.05, 4.69) is 5.32 Å². The minimum Gasteiger partial charge on any atom is -0.493 e. The lowest BCUT2D eigenvalue weighted by molar-refractivity contribution is -0.137. The third-order valence-electron chi connectivity index (χ3n) is 3.03. The average molecular weight is 345 g/mol. The summed E-state index contributed by atoms with van der Waals surface area (Å²) < 4.78 is 10.7. The maximum atomic E-state index is 11.9. The van der Waals surface area contributed by atoms with E-state index in [1.54, 1.807) is 12.1 Å². The van der Waals surface area contributed by atoms with Crippen molar-refractivity contribution < 1.29 is 24.2 Å². The number of hydrogen-bond acceptors (Lipinski definition) is 4. The lowest BCUT2D eigenvalue weighted by Gasteiger charge is -2.18. The van der Waals surface area contributed by atoms with Gasteiger partial charge in [0.2, 0.25) is 0 Å². The number of carbonyl (C=O) groups excluding carboxylic acids is 1. The summed E-state index contributed by atoms with van der Waals surface area (Å²) in [6, 6.07) is 3.05. The van der Waals surface area contributed by atoms with Gasteiger partial charge in [0.15, 0.2) is 11.5 Å². The molecule has 1 rings (SSSR count). The molecule has 0 aromatic heterocycles.